The Hall–Kier alpha value is -2.60. The number of oxime groups is 1. The average molecular weight is 470 g/mol. The molecule has 1 amide bonds. The van der Waals surface area contributed by atoms with Gasteiger partial charge in [0.15, 0.2) is 0 Å². The highest BCUT2D eigenvalue weighted by Gasteiger charge is 2.24. The van der Waals surface area contributed by atoms with Gasteiger partial charge in [-0.1, -0.05) is 35.3 Å². The Labute approximate surface area is 200 Å². The Balaban J connectivity index is 1.47. The Morgan fingerprint density at radius 1 is 1.21 bits per heavy atom. The molecule has 4 rings (SSSR count). The van der Waals surface area contributed by atoms with Crippen LogP contribution in [0, 0.1) is 11.8 Å². The van der Waals surface area contributed by atoms with Gasteiger partial charge in [-0.2, -0.15) is 0 Å². The Kier molecular flexibility index (Phi) is 7.86. The Morgan fingerprint density at radius 2 is 2.00 bits per heavy atom. The number of halogens is 1. The third kappa shape index (κ3) is 6.70. The van der Waals surface area contributed by atoms with Gasteiger partial charge in [0, 0.05) is 29.2 Å². The fourth-order valence-electron chi connectivity index (χ4n) is 3.91. The zero-order chi connectivity index (χ0) is 23.2. The van der Waals surface area contributed by atoms with Crippen molar-refractivity contribution in [3.8, 4) is 17.0 Å². The van der Waals surface area contributed by atoms with Gasteiger partial charge in [-0.3, -0.25) is 4.79 Å². The zero-order valence-electron chi connectivity index (χ0n) is 19.4. The van der Waals surface area contributed by atoms with Crippen LogP contribution in [0.15, 0.2) is 41.7 Å². The molecule has 0 saturated heterocycles. The van der Waals surface area contributed by atoms with Gasteiger partial charge in [-0.25, -0.2) is 4.98 Å². The lowest BCUT2D eigenvalue weighted by Crippen LogP contribution is -2.34. The predicted molar refractivity (Wildman–Crippen MR) is 131 cm³/mol. The van der Waals surface area contributed by atoms with Gasteiger partial charge in [0.1, 0.15) is 6.10 Å². The molecule has 2 saturated carbocycles. The third-order valence-electron chi connectivity index (χ3n) is 6.02. The van der Waals surface area contributed by atoms with Gasteiger partial charge in [-0.15, -0.1) is 0 Å². The van der Waals surface area contributed by atoms with Crippen LogP contribution in [-0.4, -0.2) is 35.9 Å². The minimum Gasteiger partial charge on any atom is -0.477 e. The fourth-order valence-corrected chi connectivity index (χ4v) is 4.03. The summed E-state index contributed by atoms with van der Waals surface area (Å²) >= 11 is 6.07. The van der Waals surface area contributed by atoms with Crippen molar-refractivity contribution in [1.29, 1.82) is 0 Å². The molecule has 2 fully saturated rings. The van der Waals surface area contributed by atoms with E-state index in [0.717, 1.165) is 42.5 Å². The van der Waals surface area contributed by atoms with E-state index in [2.05, 4.69) is 15.5 Å². The first kappa shape index (κ1) is 23.6. The zero-order valence-corrected chi connectivity index (χ0v) is 20.1. The number of rotatable bonds is 9. The van der Waals surface area contributed by atoms with E-state index in [9.17, 15) is 4.79 Å². The van der Waals surface area contributed by atoms with Crippen molar-refractivity contribution >= 4 is 23.2 Å². The number of amides is 1. The van der Waals surface area contributed by atoms with Gasteiger partial charge in [-0.05, 0) is 75.6 Å². The van der Waals surface area contributed by atoms with Crippen LogP contribution in [0.3, 0.4) is 0 Å². The number of nitrogens with one attached hydrogen (secondary N) is 1. The Morgan fingerprint density at radius 3 is 2.73 bits per heavy atom. The first-order valence-corrected chi connectivity index (χ1v) is 12.3. The average Bonchev–Trinajstić information content (AvgIpc) is 3.65. The number of aromatic nitrogens is 1. The molecule has 33 heavy (non-hydrogen) atoms. The second kappa shape index (κ2) is 11.0. The molecular formula is C26H32ClN3O3. The molecule has 2 aliphatic rings. The van der Waals surface area contributed by atoms with Crippen molar-refractivity contribution in [2.45, 2.75) is 58.5 Å². The van der Waals surface area contributed by atoms with E-state index in [1.54, 1.807) is 6.20 Å². The molecule has 7 heteroatoms. The van der Waals surface area contributed by atoms with Gasteiger partial charge >= 0.3 is 0 Å². The number of benzene rings is 1. The van der Waals surface area contributed by atoms with Gasteiger partial charge in [0.25, 0.3) is 5.91 Å². The number of hydrogen-bond donors (Lipinski definition) is 1. The smallest absolute Gasteiger partial charge is 0.252 e. The minimum absolute atomic E-state index is 0.0488. The first-order chi connectivity index (χ1) is 16.0. The molecule has 1 N–H and O–H groups in total. The van der Waals surface area contributed by atoms with E-state index in [0.29, 0.717) is 35.5 Å². The molecule has 2 aliphatic carbocycles. The fraction of sp³-hybridized carbons (Fsp3) is 0.500. The van der Waals surface area contributed by atoms with Crippen LogP contribution in [0.5, 0.6) is 5.88 Å². The molecule has 1 aromatic carbocycles. The lowest BCUT2D eigenvalue weighted by atomic mass is 9.87. The summed E-state index contributed by atoms with van der Waals surface area (Å²) in [6.45, 7) is 5.12. The summed E-state index contributed by atoms with van der Waals surface area (Å²) in [6.07, 6.45) is 8.21. The van der Waals surface area contributed by atoms with Crippen LogP contribution in [-0.2, 0) is 4.84 Å². The van der Waals surface area contributed by atoms with E-state index in [1.165, 1.54) is 12.8 Å². The van der Waals surface area contributed by atoms with Crippen LogP contribution >= 0.6 is 11.6 Å². The summed E-state index contributed by atoms with van der Waals surface area (Å²) in [5.41, 5.74) is 3.26. The highest BCUT2D eigenvalue weighted by atomic mass is 35.5. The maximum Gasteiger partial charge on any atom is 0.252 e. The highest BCUT2D eigenvalue weighted by molar-refractivity contribution is 6.30. The van der Waals surface area contributed by atoms with Crippen molar-refractivity contribution in [1.82, 2.24) is 10.3 Å². The number of pyridine rings is 1. The van der Waals surface area contributed by atoms with Crippen molar-refractivity contribution in [3.05, 3.63) is 47.1 Å². The van der Waals surface area contributed by atoms with Gasteiger partial charge < -0.3 is 14.9 Å². The lowest BCUT2D eigenvalue weighted by molar-refractivity contribution is 0.0830. The van der Waals surface area contributed by atoms with E-state index in [4.69, 9.17) is 21.2 Å². The summed E-state index contributed by atoms with van der Waals surface area (Å²) in [5, 5.41) is 8.09. The normalized spacial score (nSPS) is 19.5. The summed E-state index contributed by atoms with van der Waals surface area (Å²) in [7, 11) is 0. The first-order valence-electron chi connectivity index (χ1n) is 11.9. The Bertz CT molecular complexity index is 987. The number of carbonyl (C=O) groups is 1. The van der Waals surface area contributed by atoms with E-state index in [-0.39, 0.29) is 17.9 Å². The maximum atomic E-state index is 13.0. The third-order valence-corrected chi connectivity index (χ3v) is 6.27. The highest BCUT2D eigenvalue weighted by Crippen LogP contribution is 2.33. The standard InChI is InChI=1S/C26H32ClN3O3/c1-17(2)33-30-24-6-4-3-5-20(24)14-28-25(31)21-13-23(19-9-11-22(27)12-10-19)26(29-15-21)32-16-18-7-8-18/h9-13,15,17-18,20H,3-8,14,16H2,1-2H3,(H,28,31). The molecule has 176 valence electrons. The molecule has 0 aliphatic heterocycles. The van der Waals surface area contributed by atoms with Crippen molar-refractivity contribution in [2.24, 2.45) is 17.0 Å². The molecule has 1 aromatic heterocycles. The monoisotopic (exact) mass is 469 g/mol. The summed E-state index contributed by atoms with van der Waals surface area (Å²) < 4.78 is 5.99. The minimum atomic E-state index is -0.152. The summed E-state index contributed by atoms with van der Waals surface area (Å²) in [6, 6.07) is 9.36. The molecule has 6 nitrogen and oxygen atoms in total. The molecule has 1 atom stereocenters. The van der Waals surface area contributed by atoms with Crippen molar-refractivity contribution < 1.29 is 14.4 Å². The summed E-state index contributed by atoms with van der Waals surface area (Å²) in [4.78, 5) is 23.0. The van der Waals surface area contributed by atoms with E-state index >= 15 is 0 Å². The summed E-state index contributed by atoms with van der Waals surface area (Å²) in [5.74, 6) is 1.21. The topological polar surface area (TPSA) is 72.8 Å². The van der Waals surface area contributed by atoms with Crippen molar-refractivity contribution in [3.63, 3.8) is 0 Å². The predicted octanol–water partition coefficient (Wildman–Crippen LogP) is 5.89. The number of nitrogens with zero attached hydrogens (tertiary/aromatic N) is 2. The number of carbonyl (C=O) groups excluding carboxylic acids is 1. The molecule has 1 heterocycles. The largest absolute Gasteiger partial charge is 0.477 e. The van der Waals surface area contributed by atoms with Crippen LogP contribution in [0.4, 0.5) is 0 Å². The number of hydrogen-bond acceptors (Lipinski definition) is 5. The molecular weight excluding hydrogens is 438 g/mol. The van der Waals surface area contributed by atoms with E-state index in [1.807, 2.05) is 44.2 Å². The number of ether oxygens (including phenoxy) is 1. The SMILES string of the molecule is CC(C)ON=C1CCCCC1CNC(=O)c1cnc(OCC2CC2)c(-c2ccc(Cl)cc2)c1. The van der Waals surface area contributed by atoms with Gasteiger partial charge in [0.2, 0.25) is 5.88 Å². The van der Waals surface area contributed by atoms with Crippen LogP contribution < -0.4 is 10.1 Å². The molecule has 0 bridgehead atoms. The maximum absolute atomic E-state index is 13.0. The molecule has 0 spiro atoms. The van der Waals surface area contributed by atoms with Gasteiger partial charge in [0.05, 0.1) is 17.9 Å². The van der Waals surface area contributed by atoms with Crippen LogP contribution in [0.25, 0.3) is 11.1 Å². The quantitative estimate of drug-likeness (QED) is 0.464. The van der Waals surface area contributed by atoms with E-state index < -0.39 is 0 Å². The molecule has 2 aromatic rings. The second-order valence-corrected chi connectivity index (χ2v) is 9.66. The molecule has 1 unspecified atom stereocenters. The molecule has 0 radical (unpaired) electrons. The second-order valence-electron chi connectivity index (χ2n) is 9.23. The van der Waals surface area contributed by atoms with Crippen LogP contribution in [0.1, 0.15) is 62.7 Å². The van der Waals surface area contributed by atoms with Crippen molar-refractivity contribution in [2.75, 3.05) is 13.2 Å². The van der Waals surface area contributed by atoms with Crippen LogP contribution in [0.2, 0.25) is 5.02 Å². The lowest BCUT2D eigenvalue weighted by Gasteiger charge is -2.24.